The molecule has 1 atom stereocenters. The predicted molar refractivity (Wildman–Crippen MR) is 111 cm³/mol. The van der Waals surface area contributed by atoms with Crippen molar-refractivity contribution in [2.45, 2.75) is 23.8 Å². The normalized spacial score (nSPS) is 18.1. The minimum atomic E-state index is -1.00. The van der Waals surface area contributed by atoms with Gasteiger partial charge in [-0.1, -0.05) is 30.3 Å². The Bertz CT molecular complexity index is 934. The molecule has 1 aliphatic heterocycles. The molecule has 0 aliphatic carbocycles. The lowest BCUT2D eigenvalue weighted by atomic mass is 10.1. The Morgan fingerprint density at radius 2 is 1.86 bits per heavy atom. The number of imide groups is 1. The van der Waals surface area contributed by atoms with Gasteiger partial charge in [-0.15, -0.1) is 11.8 Å². The highest BCUT2D eigenvalue weighted by molar-refractivity contribution is 7.99. The van der Waals surface area contributed by atoms with Gasteiger partial charge in [0.25, 0.3) is 11.8 Å². The van der Waals surface area contributed by atoms with E-state index in [9.17, 15) is 14.4 Å². The van der Waals surface area contributed by atoms with Gasteiger partial charge in [0.1, 0.15) is 11.3 Å². The van der Waals surface area contributed by atoms with Crippen molar-refractivity contribution < 1.29 is 19.1 Å². The average molecular weight is 413 g/mol. The van der Waals surface area contributed by atoms with Crippen LogP contribution in [0.25, 0.3) is 0 Å². The maximum absolute atomic E-state index is 12.7. The summed E-state index contributed by atoms with van der Waals surface area (Å²) in [5, 5.41) is 7.81. The Morgan fingerprint density at radius 1 is 1.14 bits per heavy atom. The summed E-state index contributed by atoms with van der Waals surface area (Å²) < 4.78 is 5.33. The third-order valence-corrected chi connectivity index (χ3v) is 6.03. The molecule has 4 amide bonds. The first kappa shape index (κ1) is 20.7. The van der Waals surface area contributed by atoms with Crippen LogP contribution in [0.5, 0.6) is 5.75 Å². The largest absolute Gasteiger partial charge is 0.496 e. The van der Waals surface area contributed by atoms with Crippen LogP contribution in [-0.4, -0.2) is 42.8 Å². The quantitative estimate of drug-likeness (QED) is 0.456. The summed E-state index contributed by atoms with van der Waals surface area (Å²) in [6.45, 7) is 2.13. The van der Waals surface area contributed by atoms with Crippen LogP contribution >= 0.6 is 11.8 Å². The first-order chi connectivity index (χ1) is 13.9. The van der Waals surface area contributed by atoms with Gasteiger partial charge in [0.15, 0.2) is 0 Å². The molecule has 1 fully saturated rings. The minimum Gasteiger partial charge on any atom is -0.496 e. The van der Waals surface area contributed by atoms with Crippen LogP contribution in [0.2, 0.25) is 0 Å². The summed E-state index contributed by atoms with van der Waals surface area (Å²) in [5.41, 5.74) is 0.551. The van der Waals surface area contributed by atoms with E-state index in [-0.39, 0.29) is 11.8 Å². The van der Waals surface area contributed by atoms with Crippen molar-refractivity contribution in [1.82, 2.24) is 16.0 Å². The number of urea groups is 1. The van der Waals surface area contributed by atoms with Crippen LogP contribution < -0.4 is 20.7 Å². The summed E-state index contributed by atoms with van der Waals surface area (Å²) in [6.07, 6.45) is 0.648. The summed E-state index contributed by atoms with van der Waals surface area (Å²) in [4.78, 5) is 36.8. The van der Waals surface area contributed by atoms with Gasteiger partial charge < -0.3 is 15.4 Å². The Kier molecular flexibility index (Phi) is 6.43. The van der Waals surface area contributed by atoms with Crippen molar-refractivity contribution in [3.63, 3.8) is 0 Å². The summed E-state index contributed by atoms with van der Waals surface area (Å²) >= 11 is 1.36. The molecule has 1 saturated heterocycles. The van der Waals surface area contributed by atoms with E-state index in [2.05, 4.69) is 16.0 Å². The van der Waals surface area contributed by atoms with Crippen molar-refractivity contribution in [3.05, 3.63) is 59.7 Å². The molecule has 1 unspecified atom stereocenters. The molecule has 2 aromatic rings. The summed E-state index contributed by atoms with van der Waals surface area (Å²) in [7, 11) is 1.62. The van der Waals surface area contributed by atoms with Crippen LogP contribution in [-0.2, 0) is 11.2 Å². The lowest BCUT2D eigenvalue weighted by Crippen LogP contribution is -2.46. The number of nitrogens with one attached hydrogen (secondary N) is 3. The number of benzene rings is 2. The molecule has 0 saturated carbocycles. The number of rotatable bonds is 8. The number of amides is 4. The number of para-hydroxylation sites is 1. The maximum Gasteiger partial charge on any atom is 0.322 e. The zero-order valence-electron chi connectivity index (χ0n) is 16.3. The van der Waals surface area contributed by atoms with Crippen LogP contribution in [0.15, 0.2) is 53.4 Å². The van der Waals surface area contributed by atoms with E-state index < -0.39 is 11.6 Å². The Hall–Kier alpha value is -3.00. The number of carbonyl (C=O) groups is 3. The topological polar surface area (TPSA) is 96.5 Å². The van der Waals surface area contributed by atoms with Crippen LogP contribution in [0.3, 0.4) is 0 Å². The maximum atomic E-state index is 12.7. The fourth-order valence-corrected chi connectivity index (χ4v) is 4.14. The van der Waals surface area contributed by atoms with E-state index in [0.29, 0.717) is 24.3 Å². The molecule has 1 heterocycles. The van der Waals surface area contributed by atoms with Gasteiger partial charge >= 0.3 is 6.03 Å². The van der Waals surface area contributed by atoms with Crippen molar-refractivity contribution in [1.29, 1.82) is 0 Å². The van der Waals surface area contributed by atoms with Gasteiger partial charge in [-0.05, 0) is 37.1 Å². The molecule has 3 N–H and O–H groups in total. The fourth-order valence-electron chi connectivity index (χ4n) is 3.00. The van der Waals surface area contributed by atoms with Crippen LogP contribution in [0.1, 0.15) is 22.8 Å². The van der Waals surface area contributed by atoms with Crippen LogP contribution in [0, 0.1) is 0 Å². The number of ether oxygens (including phenoxy) is 1. The lowest BCUT2D eigenvalue weighted by molar-refractivity contribution is -0.122. The van der Waals surface area contributed by atoms with Crippen molar-refractivity contribution in [2.24, 2.45) is 0 Å². The van der Waals surface area contributed by atoms with E-state index in [1.807, 2.05) is 36.4 Å². The highest BCUT2D eigenvalue weighted by Gasteiger charge is 2.41. The van der Waals surface area contributed by atoms with Crippen molar-refractivity contribution in [2.75, 3.05) is 19.4 Å². The third-order valence-electron chi connectivity index (χ3n) is 4.64. The lowest BCUT2D eigenvalue weighted by Gasteiger charge is -2.20. The number of hydrogen-bond acceptors (Lipinski definition) is 5. The number of carbonyl (C=O) groups excluding carboxylic acids is 3. The van der Waals surface area contributed by atoms with Gasteiger partial charge in [-0.2, -0.15) is 0 Å². The molecule has 0 aromatic heterocycles. The Morgan fingerprint density at radius 3 is 2.59 bits per heavy atom. The number of methoxy groups -OCH3 is 1. The molecular weight excluding hydrogens is 390 g/mol. The third kappa shape index (κ3) is 4.89. The number of hydrogen-bond donors (Lipinski definition) is 3. The first-order valence-corrected chi connectivity index (χ1v) is 10.2. The smallest absolute Gasteiger partial charge is 0.322 e. The van der Waals surface area contributed by atoms with Gasteiger partial charge in [-0.3, -0.25) is 14.9 Å². The predicted octanol–water partition coefficient (Wildman–Crippen LogP) is 2.36. The molecule has 0 spiro atoms. The molecule has 0 radical (unpaired) electrons. The molecular formula is C21H23N3O4S. The standard InChI is InChI=1S/C21H23N3O4S/c1-21(19(26)23-20(27)24-21)13-29-17-10-6-4-8-15(17)18(25)22-12-11-14-7-3-5-9-16(14)28-2/h3-10H,11-13H2,1-2H3,(H,22,25)(H2,23,24,26,27). The summed E-state index contributed by atoms with van der Waals surface area (Å²) in [6, 6.07) is 14.4. The highest BCUT2D eigenvalue weighted by Crippen LogP contribution is 2.27. The molecule has 7 nitrogen and oxygen atoms in total. The van der Waals surface area contributed by atoms with E-state index in [4.69, 9.17) is 4.74 Å². The number of thioether (sulfide) groups is 1. The summed E-state index contributed by atoms with van der Waals surface area (Å²) in [5.74, 6) is 0.556. The van der Waals surface area contributed by atoms with Gasteiger partial charge in [0, 0.05) is 17.2 Å². The zero-order chi connectivity index (χ0) is 20.9. The van der Waals surface area contributed by atoms with Crippen molar-refractivity contribution in [3.8, 4) is 5.75 Å². The average Bonchev–Trinajstić information content (AvgIpc) is 2.98. The fraction of sp³-hybridized carbons (Fsp3) is 0.286. The van der Waals surface area contributed by atoms with Crippen LogP contribution in [0.4, 0.5) is 4.79 Å². The first-order valence-electron chi connectivity index (χ1n) is 9.18. The molecule has 2 aromatic carbocycles. The van der Waals surface area contributed by atoms with Gasteiger partial charge in [-0.25, -0.2) is 4.79 Å². The molecule has 29 heavy (non-hydrogen) atoms. The second-order valence-electron chi connectivity index (χ2n) is 6.84. The zero-order valence-corrected chi connectivity index (χ0v) is 17.1. The molecule has 1 aliphatic rings. The van der Waals surface area contributed by atoms with E-state index >= 15 is 0 Å². The van der Waals surface area contributed by atoms with Gasteiger partial charge in [0.05, 0.1) is 12.7 Å². The molecule has 0 bridgehead atoms. The Balaban J connectivity index is 1.61. The molecule has 8 heteroatoms. The molecule has 3 rings (SSSR count). The molecule has 152 valence electrons. The monoisotopic (exact) mass is 413 g/mol. The SMILES string of the molecule is COc1ccccc1CCNC(=O)c1ccccc1SCC1(C)NC(=O)NC1=O. The van der Waals surface area contributed by atoms with E-state index in [1.165, 1.54) is 11.8 Å². The Labute approximate surface area is 173 Å². The minimum absolute atomic E-state index is 0.187. The van der Waals surface area contributed by atoms with Crippen molar-refractivity contribution >= 4 is 29.6 Å². The van der Waals surface area contributed by atoms with E-state index in [1.54, 1.807) is 26.2 Å². The van der Waals surface area contributed by atoms with Gasteiger partial charge in [0.2, 0.25) is 0 Å². The van der Waals surface area contributed by atoms with E-state index in [0.717, 1.165) is 16.2 Å². The second kappa shape index (κ2) is 9.00. The highest BCUT2D eigenvalue weighted by atomic mass is 32.2. The second-order valence-corrected chi connectivity index (χ2v) is 7.86.